The molecule has 7 aromatic carbocycles. The van der Waals surface area contributed by atoms with Crippen LogP contribution < -0.4 is 15.5 Å². The SMILES string of the molecule is C1=CCC=c2c(oc3cc(N(c4ccc5c(c4)oc4ccccc45)c4cccc5c4-c4ccccc4C54c5ccccc5-c5ccccc54)ccc23)=C1. The normalized spacial score (nSPS) is 14.3. The Morgan fingerprint density at radius 2 is 1.09 bits per heavy atom. The number of para-hydroxylation sites is 1. The van der Waals surface area contributed by atoms with Gasteiger partial charge in [0.25, 0.3) is 0 Å². The van der Waals surface area contributed by atoms with Gasteiger partial charge >= 0.3 is 0 Å². The molecule has 0 saturated carbocycles. The Hall–Kier alpha value is -6.84. The lowest BCUT2D eigenvalue weighted by molar-refractivity contribution is 0.576. The maximum Gasteiger partial charge on any atom is 0.137 e. The first kappa shape index (κ1) is 28.8. The number of allylic oxidation sites excluding steroid dienone is 2. The van der Waals surface area contributed by atoms with Crippen LogP contribution in [-0.2, 0) is 5.41 Å². The molecule has 2 aromatic heterocycles. The molecule has 12 rings (SSSR count). The summed E-state index contributed by atoms with van der Waals surface area (Å²) in [5, 5.41) is 4.51. The molecule has 3 aliphatic rings. The van der Waals surface area contributed by atoms with Crippen LogP contribution in [-0.4, -0.2) is 0 Å². The van der Waals surface area contributed by atoms with Gasteiger partial charge in [0.15, 0.2) is 0 Å². The van der Waals surface area contributed by atoms with Gasteiger partial charge in [-0.2, -0.15) is 0 Å². The highest BCUT2D eigenvalue weighted by Gasteiger charge is 2.52. The van der Waals surface area contributed by atoms with E-state index in [1.807, 2.05) is 12.1 Å². The summed E-state index contributed by atoms with van der Waals surface area (Å²) in [6, 6.07) is 55.4. The molecule has 2 heterocycles. The van der Waals surface area contributed by atoms with Gasteiger partial charge in [0, 0.05) is 50.4 Å². The molecule has 0 fully saturated rings. The Labute approximate surface area is 305 Å². The summed E-state index contributed by atoms with van der Waals surface area (Å²) in [5.41, 5.74) is 16.6. The molecule has 1 spiro atoms. The van der Waals surface area contributed by atoms with Crippen molar-refractivity contribution in [2.75, 3.05) is 4.90 Å². The Bertz CT molecular complexity index is 3130. The van der Waals surface area contributed by atoms with E-state index in [1.165, 1.54) is 44.5 Å². The second-order valence-corrected chi connectivity index (χ2v) is 14.3. The van der Waals surface area contributed by atoms with Gasteiger partial charge in [-0.05, 0) is 87.8 Å². The van der Waals surface area contributed by atoms with Crippen molar-refractivity contribution in [1.29, 1.82) is 0 Å². The predicted octanol–water partition coefficient (Wildman–Crippen LogP) is 11.7. The fourth-order valence-electron chi connectivity index (χ4n) is 9.61. The summed E-state index contributed by atoms with van der Waals surface area (Å²) >= 11 is 0. The summed E-state index contributed by atoms with van der Waals surface area (Å²) in [4.78, 5) is 2.40. The van der Waals surface area contributed by atoms with Gasteiger partial charge in [-0.3, -0.25) is 0 Å². The Morgan fingerprint density at radius 3 is 1.87 bits per heavy atom. The summed E-state index contributed by atoms with van der Waals surface area (Å²) in [6.07, 6.45) is 9.45. The third kappa shape index (κ3) is 3.78. The van der Waals surface area contributed by atoms with Gasteiger partial charge in [0.05, 0.1) is 11.1 Å². The second kappa shape index (κ2) is 10.6. The van der Waals surface area contributed by atoms with Gasteiger partial charge in [-0.25, -0.2) is 0 Å². The van der Waals surface area contributed by atoms with Gasteiger partial charge < -0.3 is 13.7 Å². The van der Waals surface area contributed by atoms with Crippen molar-refractivity contribution in [1.82, 2.24) is 0 Å². The van der Waals surface area contributed by atoms with E-state index >= 15 is 0 Å². The van der Waals surface area contributed by atoms with E-state index in [4.69, 9.17) is 8.83 Å². The molecule has 53 heavy (non-hydrogen) atoms. The molecule has 3 heteroatoms. The first-order chi connectivity index (χ1) is 26.3. The molecule has 0 aliphatic heterocycles. The topological polar surface area (TPSA) is 29.5 Å². The van der Waals surface area contributed by atoms with Crippen LogP contribution in [0.1, 0.15) is 28.7 Å². The fourth-order valence-corrected chi connectivity index (χ4v) is 9.61. The predicted molar refractivity (Wildman–Crippen MR) is 216 cm³/mol. The zero-order chi connectivity index (χ0) is 34.7. The van der Waals surface area contributed by atoms with Crippen molar-refractivity contribution < 1.29 is 8.83 Å². The maximum atomic E-state index is 6.56. The zero-order valence-corrected chi connectivity index (χ0v) is 28.7. The van der Waals surface area contributed by atoms with Crippen LogP contribution in [0.2, 0.25) is 0 Å². The molecule has 9 aromatic rings. The number of hydrogen-bond donors (Lipinski definition) is 0. The van der Waals surface area contributed by atoms with Crippen LogP contribution in [0.4, 0.5) is 17.1 Å². The van der Waals surface area contributed by atoms with Gasteiger partial charge in [-0.15, -0.1) is 0 Å². The molecule has 0 saturated heterocycles. The number of hydrogen-bond acceptors (Lipinski definition) is 3. The highest BCUT2D eigenvalue weighted by Crippen LogP contribution is 2.64. The minimum Gasteiger partial charge on any atom is -0.456 e. The molecule has 3 aliphatic carbocycles. The lowest BCUT2D eigenvalue weighted by atomic mass is 9.70. The molecule has 0 radical (unpaired) electrons. The molecule has 0 bridgehead atoms. The van der Waals surface area contributed by atoms with Gasteiger partial charge in [0.2, 0.25) is 0 Å². The summed E-state index contributed by atoms with van der Waals surface area (Å²) in [7, 11) is 0. The van der Waals surface area contributed by atoms with Crippen LogP contribution in [0, 0.1) is 0 Å². The largest absolute Gasteiger partial charge is 0.456 e. The quantitative estimate of drug-likeness (QED) is 0.186. The lowest BCUT2D eigenvalue weighted by Crippen LogP contribution is -2.26. The van der Waals surface area contributed by atoms with Crippen molar-refractivity contribution in [3.8, 4) is 22.3 Å². The van der Waals surface area contributed by atoms with Crippen molar-refractivity contribution >= 4 is 62.1 Å². The number of rotatable bonds is 3. The van der Waals surface area contributed by atoms with Crippen molar-refractivity contribution in [2.45, 2.75) is 11.8 Å². The molecular formula is C50H31NO2. The van der Waals surface area contributed by atoms with Crippen LogP contribution in [0.5, 0.6) is 0 Å². The highest BCUT2D eigenvalue weighted by molar-refractivity contribution is 6.07. The van der Waals surface area contributed by atoms with E-state index in [0.29, 0.717) is 0 Å². The van der Waals surface area contributed by atoms with Gasteiger partial charge in [-0.1, -0.05) is 121 Å². The van der Waals surface area contributed by atoms with E-state index < -0.39 is 5.41 Å². The molecule has 0 atom stereocenters. The third-order valence-corrected chi connectivity index (χ3v) is 11.7. The van der Waals surface area contributed by atoms with Crippen LogP contribution >= 0.6 is 0 Å². The summed E-state index contributed by atoms with van der Waals surface area (Å²) in [6.45, 7) is 0. The molecule has 248 valence electrons. The van der Waals surface area contributed by atoms with E-state index in [-0.39, 0.29) is 0 Å². The minimum atomic E-state index is -0.439. The third-order valence-electron chi connectivity index (χ3n) is 11.7. The fraction of sp³-hybridized carbons (Fsp3) is 0.0400. The first-order valence-corrected chi connectivity index (χ1v) is 18.3. The van der Waals surface area contributed by atoms with Crippen LogP contribution in [0.15, 0.2) is 173 Å². The monoisotopic (exact) mass is 677 g/mol. The number of nitrogens with zero attached hydrogens (tertiary/aromatic N) is 1. The Kier molecular flexibility index (Phi) is 5.76. The Morgan fingerprint density at radius 1 is 0.491 bits per heavy atom. The van der Waals surface area contributed by atoms with Crippen molar-refractivity contribution in [3.63, 3.8) is 0 Å². The average molecular weight is 678 g/mol. The summed E-state index contributed by atoms with van der Waals surface area (Å²) < 4.78 is 13.1. The average Bonchev–Trinajstić information content (AvgIpc) is 3.88. The molecule has 0 unspecified atom stereocenters. The van der Waals surface area contributed by atoms with Crippen LogP contribution in [0.3, 0.4) is 0 Å². The standard InChI is InChI=1S/C50H31NO2/c1-2-15-35-37-27-25-31(29-47(37)52-45(35)23-3-1)51(32-26-28-38-36-16-7-11-24-46(36)53-48(38)30-32)44-22-12-21-43-49(44)39-17-6-10-20-42(39)50(43)40-18-8-4-13-33(40)34-14-5-9-19-41(34)50/h1,3-30H,2H2. The number of anilines is 3. The number of fused-ring (bicyclic) bond motifs is 16. The van der Waals surface area contributed by atoms with Crippen LogP contribution in [0.25, 0.3) is 67.3 Å². The van der Waals surface area contributed by atoms with E-state index in [2.05, 4.69) is 169 Å². The van der Waals surface area contributed by atoms with Crippen molar-refractivity contribution in [2.24, 2.45) is 0 Å². The Balaban J connectivity index is 1.17. The summed E-state index contributed by atoms with van der Waals surface area (Å²) in [5.74, 6) is 0. The van der Waals surface area contributed by atoms with Gasteiger partial charge in [0.1, 0.15) is 22.2 Å². The number of furan rings is 2. The molecule has 3 nitrogen and oxygen atoms in total. The van der Waals surface area contributed by atoms with Crippen molar-refractivity contribution in [3.05, 3.63) is 197 Å². The number of benzene rings is 7. The second-order valence-electron chi connectivity index (χ2n) is 14.3. The van der Waals surface area contributed by atoms with E-state index in [0.717, 1.165) is 67.0 Å². The van der Waals surface area contributed by atoms with E-state index in [9.17, 15) is 0 Å². The molecule has 0 amide bonds. The molecule has 0 N–H and O–H groups in total. The zero-order valence-electron chi connectivity index (χ0n) is 28.7. The molecular weight excluding hydrogens is 647 g/mol. The first-order valence-electron chi connectivity index (χ1n) is 18.3. The lowest BCUT2D eigenvalue weighted by Gasteiger charge is -2.31. The smallest absolute Gasteiger partial charge is 0.137 e. The minimum absolute atomic E-state index is 0.439. The highest BCUT2D eigenvalue weighted by atomic mass is 16.3. The van der Waals surface area contributed by atoms with E-state index in [1.54, 1.807) is 0 Å². The maximum absolute atomic E-state index is 6.56.